The van der Waals surface area contributed by atoms with Gasteiger partial charge in [-0.3, -0.25) is 0 Å². The first-order chi connectivity index (χ1) is 9.31. The summed E-state index contributed by atoms with van der Waals surface area (Å²) < 4.78 is 0. The molecule has 0 aromatic heterocycles. The second kappa shape index (κ2) is 4.89. The average molecular weight is 246 g/mol. The predicted molar refractivity (Wildman–Crippen MR) is 83.5 cm³/mol. The highest BCUT2D eigenvalue weighted by Crippen LogP contribution is 2.32. The van der Waals surface area contributed by atoms with Gasteiger partial charge < -0.3 is 0 Å². The third kappa shape index (κ3) is 2.04. The highest BCUT2D eigenvalue weighted by Gasteiger charge is 2.07. The Morgan fingerprint density at radius 1 is 0.684 bits per heavy atom. The lowest BCUT2D eigenvalue weighted by atomic mass is 9.93. The van der Waals surface area contributed by atoms with Crippen molar-refractivity contribution in [3.8, 4) is 11.1 Å². The summed E-state index contributed by atoms with van der Waals surface area (Å²) in [7, 11) is 0. The largest absolute Gasteiger partial charge is 0.0620 e. The summed E-state index contributed by atoms with van der Waals surface area (Å²) in [5.74, 6) is 0. The van der Waals surface area contributed by atoms with Crippen molar-refractivity contribution in [2.45, 2.75) is 20.3 Å². The van der Waals surface area contributed by atoms with E-state index in [1.807, 2.05) is 0 Å². The van der Waals surface area contributed by atoms with Crippen LogP contribution in [-0.4, -0.2) is 0 Å². The Kier molecular flexibility index (Phi) is 3.08. The zero-order valence-corrected chi connectivity index (χ0v) is 11.5. The number of rotatable bonds is 2. The van der Waals surface area contributed by atoms with Gasteiger partial charge >= 0.3 is 0 Å². The highest BCUT2D eigenvalue weighted by atomic mass is 14.1. The van der Waals surface area contributed by atoms with E-state index in [9.17, 15) is 0 Å². The minimum Gasteiger partial charge on any atom is -0.0620 e. The Bertz CT molecular complexity index is 723. The lowest BCUT2D eigenvalue weighted by Crippen LogP contribution is -1.88. The second-order valence-electron chi connectivity index (χ2n) is 4.99. The highest BCUT2D eigenvalue weighted by molar-refractivity contribution is 5.98. The van der Waals surface area contributed by atoms with Gasteiger partial charge in [-0.05, 0) is 46.4 Å². The number of aryl methyl sites for hydroxylation is 2. The Labute approximate surface area is 114 Å². The van der Waals surface area contributed by atoms with Crippen molar-refractivity contribution >= 4 is 10.8 Å². The first-order valence-electron chi connectivity index (χ1n) is 6.88. The molecule has 3 aromatic rings. The van der Waals surface area contributed by atoms with Crippen molar-refractivity contribution in [2.24, 2.45) is 0 Å². The zero-order valence-electron chi connectivity index (χ0n) is 11.5. The van der Waals surface area contributed by atoms with Crippen LogP contribution in [-0.2, 0) is 6.42 Å². The first-order valence-corrected chi connectivity index (χ1v) is 6.88. The van der Waals surface area contributed by atoms with Crippen molar-refractivity contribution in [1.82, 2.24) is 0 Å². The molecular formula is C19H18. The molecule has 0 heteroatoms. The predicted octanol–water partition coefficient (Wildman–Crippen LogP) is 5.38. The van der Waals surface area contributed by atoms with Crippen molar-refractivity contribution in [1.29, 1.82) is 0 Å². The summed E-state index contributed by atoms with van der Waals surface area (Å²) in [6.07, 6.45) is 1.08. The second-order valence-corrected chi connectivity index (χ2v) is 4.99. The molecule has 0 aliphatic carbocycles. The maximum atomic E-state index is 2.23. The fourth-order valence-corrected chi connectivity index (χ4v) is 2.79. The van der Waals surface area contributed by atoms with Crippen molar-refractivity contribution < 1.29 is 0 Å². The molecule has 0 unspecified atom stereocenters. The normalized spacial score (nSPS) is 10.8. The maximum absolute atomic E-state index is 2.23. The summed E-state index contributed by atoms with van der Waals surface area (Å²) in [5.41, 5.74) is 5.43. The van der Waals surface area contributed by atoms with Crippen LogP contribution in [0.1, 0.15) is 18.1 Å². The number of hydrogen-bond donors (Lipinski definition) is 0. The van der Waals surface area contributed by atoms with Crippen LogP contribution in [0.2, 0.25) is 0 Å². The molecule has 0 nitrogen and oxygen atoms in total. The molecule has 0 aliphatic rings. The summed E-state index contributed by atoms with van der Waals surface area (Å²) >= 11 is 0. The minimum atomic E-state index is 1.08. The molecule has 3 aromatic carbocycles. The van der Waals surface area contributed by atoms with Gasteiger partial charge in [0.15, 0.2) is 0 Å². The monoisotopic (exact) mass is 246 g/mol. The molecule has 0 aliphatic heterocycles. The third-order valence-corrected chi connectivity index (χ3v) is 3.83. The van der Waals surface area contributed by atoms with Crippen LogP contribution in [0.15, 0.2) is 60.7 Å². The minimum absolute atomic E-state index is 1.08. The molecule has 0 fully saturated rings. The fourth-order valence-electron chi connectivity index (χ4n) is 2.79. The maximum Gasteiger partial charge on any atom is -0.0103 e. The van der Waals surface area contributed by atoms with E-state index in [1.54, 1.807) is 0 Å². The van der Waals surface area contributed by atoms with E-state index in [1.165, 1.54) is 33.0 Å². The van der Waals surface area contributed by atoms with Gasteiger partial charge in [-0.2, -0.15) is 0 Å². The smallest absolute Gasteiger partial charge is 0.0103 e. The van der Waals surface area contributed by atoms with Gasteiger partial charge in [0, 0.05) is 0 Å². The van der Waals surface area contributed by atoms with E-state index >= 15 is 0 Å². The number of hydrogen-bond acceptors (Lipinski definition) is 0. The van der Waals surface area contributed by atoms with Gasteiger partial charge in [-0.1, -0.05) is 67.6 Å². The zero-order chi connectivity index (χ0) is 13.2. The summed E-state index contributed by atoms with van der Waals surface area (Å²) in [6.45, 7) is 4.40. The standard InChI is InChI=1S/C19H18/c1-3-15-9-6-12-19-17(15)11-7-13-18(19)16-10-5-4-8-14(16)2/h4-13H,3H2,1-2H3. The molecule has 0 atom stereocenters. The molecule has 0 amide bonds. The molecule has 0 spiro atoms. The van der Waals surface area contributed by atoms with E-state index < -0.39 is 0 Å². The lowest BCUT2D eigenvalue weighted by molar-refractivity contribution is 1.16. The summed E-state index contributed by atoms with van der Waals surface area (Å²) in [5, 5.41) is 2.74. The SMILES string of the molecule is CCc1cccc2c(-c3ccccc3C)cccc12. The number of fused-ring (bicyclic) bond motifs is 1. The van der Waals surface area contributed by atoms with E-state index in [4.69, 9.17) is 0 Å². The Hall–Kier alpha value is -2.08. The number of benzene rings is 3. The molecule has 0 radical (unpaired) electrons. The molecule has 0 saturated heterocycles. The van der Waals surface area contributed by atoms with Gasteiger partial charge in [0.1, 0.15) is 0 Å². The van der Waals surface area contributed by atoms with E-state index in [0.717, 1.165) is 6.42 Å². The van der Waals surface area contributed by atoms with Crippen molar-refractivity contribution in [2.75, 3.05) is 0 Å². The molecule has 19 heavy (non-hydrogen) atoms. The van der Waals surface area contributed by atoms with Crippen molar-refractivity contribution in [3.63, 3.8) is 0 Å². The van der Waals surface area contributed by atoms with Crippen LogP contribution < -0.4 is 0 Å². The quantitative estimate of drug-likeness (QED) is 0.569. The summed E-state index contributed by atoms with van der Waals surface area (Å²) in [4.78, 5) is 0. The third-order valence-electron chi connectivity index (χ3n) is 3.83. The average Bonchev–Trinajstić information content (AvgIpc) is 2.46. The van der Waals surface area contributed by atoms with Crippen LogP contribution in [0.25, 0.3) is 21.9 Å². The van der Waals surface area contributed by atoms with Crippen LogP contribution in [0, 0.1) is 6.92 Å². The van der Waals surface area contributed by atoms with Gasteiger partial charge in [0.2, 0.25) is 0 Å². The molecule has 0 heterocycles. The van der Waals surface area contributed by atoms with E-state index in [0.29, 0.717) is 0 Å². The molecule has 3 rings (SSSR count). The van der Waals surface area contributed by atoms with Gasteiger partial charge in [0.05, 0.1) is 0 Å². The van der Waals surface area contributed by atoms with Gasteiger partial charge in [-0.25, -0.2) is 0 Å². The van der Waals surface area contributed by atoms with E-state index in [-0.39, 0.29) is 0 Å². The summed E-state index contributed by atoms with van der Waals surface area (Å²) in [6, 6.07) is 21.9. The van der Waals surface area contributed by atoms with Crippen LogP contribution in [0.3, 0.4) is 0 Å². The van der Waals surface area contributed by atoms with Crippen LogP contribution in [0.5, 0.6) is 0 Å². The molecule has 0 bridgehead atoms. The lowest BCUT2D eigenvalue weighted by Gasteiger charge is -2.11. The van der Waals surface area contributed by atoms with Crippen molar-refractivity contribution in [3.05, 3.63) is 71.8 Å². The van der Waals surface area contributed by atoms with Gasteiger partial charge in [-0.15, -0.1) is 0 Å². The van der Waals surface area contributed by atoms with Crippen LogP contribution >= 0.6 is 0 Å². The Morgan fingerprint density at radius 3 is 2.16 bits per heavy atom. The molecule has 0 saturated carbocycles. The molecule has 94 valence electrons. The Morgan fingerprint density at radius 2 is 1.37 bits per heavy atom. The molecular weight excluding hydrogens is 228 g/mol. The fraction of sp³-hybridized carbons (Fsp3) is 0.158. The van der Waals surface area contributed by atoms with Gasteiger partial charge in [0.25, 0.3) is 0 Å². The van der Waals surface area contributed by atoms with E-state index in [2.05, 4.69) is 74.5 Å². The Balaban J connectivity index is 2.34. The van der Waals surface area contributed by atoms with Crippen LogP contribution in [0.4, 0.5) is 0 Å². The topological polar surface area (TPSA) is 0 Å². The first kappa shape index (κ1) is 12.0. The molecule has 0 N–H and O–H groups in total.